The van der Waals surface area contributed by atoms with E-state index in [2.05, 4.69) is 43.7 Å². The molecule has 2 rings (SSSR count). The van der Waals surface area contributed by atoms with Gasteiger partial charge < -0.3 is 20.1 Å². The number of ether oxygens (including phenoxy) is 2. The molecule has 0 unspecified atom stereocenters. The van der Waals surface area contributed by atoms with Gasteiger partial charge in [0.2, 0.25) is 0 Å². The Morgan fingerprint density at radius 1 is 1.04 bits per heavy atom. The van der Waals surface area contributed by atoms with Crippen molar-refractivity contribution in [2.75, 3.05) is 21.3 Å². The first kappa shape index (κ1) is 21.6. The molecule has 136 valence electrons. The minimum Gasteiger partial charge on any atom is -0.497 e. The number of aliphatic imine (C=N–C) groups is 1. The lowest BCUT2D eigenvalue weighted by Gasteiger charge is -2.14. The summed E-state index contributed by atoms with van der Waals surface area (Å²) in [5.41, 5.74) is 2.21. The molecule has 0 heterocycles. The smallest absolute Gasteiger partial charge is 0.191 e. The predicted octanol–water partition coefficient (Wildman–Crippen LogP) is 3.95. The van der Waals surface area contributed by atoms with Crippen LogP contribution in [0.3, 0.4) is 0 Å². The summed E-state index contributed by atoms with van der Waals surface area (Å²) < 4.78 is 11.7. The van der Waals surface area contributed by atoms with E-state index in [1.165, 1.54) is 5.56 Å². The third-order valence-corrected chi connectivity index (χ3v) is 4.01. The number of nitrogens with one attached hydrogen (secondary N) is 2. The Morgan fingerprint density at radius 3 is 2.44 bits per heavy atom. The van der Waals surface area contributed by atoms with Crippen molar-refractivity contribution in [1.29, 1.82) is 0 Å². The first-order valence-corrected chi connectivity index (χ1v) is 8.35. The molecule has 0 bridgehead atoms. The number of halogens is 2. The van der Waals surface area contributed by atoms with Crippen LogP contribution in [0.4, 0.5) is 0 Å². The lowest BCUT2D eigenvalue weighted by atomic mass is 10.2. The summed E-state index contributed by atoms with van der Waals surface area (Å²) in [4.78, 5) is 4.25. The molecule has 7 heteroatoms. The van der Waals surface area contributed by atoms with E-state index in [4.69, 9.17) is 9.47 Å². The Morgan fingerprint density at radius 2 is 1.80 bits per heavy atom. The van der Waals surface area contributed by atoms with Crippen LogP contribution >= 0.6 is 39.9 Å². The van der Waals surface area contributed by atoms with Gasteiger partial charge in [0.15, 0.2) is 5.96 Å². The summed E-state index contributed by atoms with van der Waals surface area (Å²) in [7, 11) is 5.04. The Labute approximate surface area is 174 Å². The molecular formula is C18H23BrIN3O2. The van der Waals surface area contributed by atoms with Crippen molar-refractivity contribution >= 4 is 45.9 Å². The lowest BCUT2D eigenvalue weighted by Crippen LogP contribution is -2.36. The van der Waals surface area contributed by atoms with Gasteiger partial charge in [0.05, 0.1) is 14.2 Å². The molecule has 0 saturated heterocycles. The second-order valence-corrected chi connectivity index (χ2v) is 6.00. The fourth-order valence-corrected chi connectivity index (χ4v) is 2.68. The first-order chi connectivity index (χ1) is 11.7. The number of benzene rings is 2. The monoisotopic (exact) mass is 519 g/mol. The van der Waals surface area contributed by atoms with Crippen LogP contribution in [0.2, 0.25) is 0 Å². The third kappa shape index (κ3) is 6.74. The van der Waals surface area contributed by atoms with Crippen LogP contribution in [0.15, 0.2) is 51.9 Å². The van der Waals surface area contributed by atoms with E-state index < -0.39 is 0 Å². The van der Waals surface area contributed by atoms with Crippen molar-refractivity contribution < 1.29 is 9.47 Å². The summed E-state index contributed by atoms with van der Waals surface area (Å²) in [5, 5.41) is 6.58. The normalized spacial score (nSPS) is 10.6. The van der Waals surface area contributed by atoms with E-state index in [0.29, 0.717) is 13.1 Å². The molecule has 2 aromatic rings. The van der Waals surface area contributed by atoms with Gasteiger partial charge in [-0.2, -0.15) is 0 Å². The van der Waals surface area contributed by atoms with E-state index in [-0.39, 0.29) is 24.0 Å². The highest BCUT2D eigenvalue weighted by Gasteiger charge is 2.06. The van der Waals surface area contributed by atoms with E-state index in [1.807, 2.05) is 30.3 Å². The highest BCUT2D eigenvalue weighted by Crippen LogP contribution is 2.24. The Bertz CT molecular complexity index is 710. The number of guanidine groups is 1. The van der Waals surface area contributed by atoms with Crippen molar-refractivity contribution in [2.24, 2.45) is 4.99 Å². The van der Waals surface area contributed by atoms with Crippen LogP contribution in [-0.4, -0.2) is 27.2 Å². The molecule has 0 fully saturated rings. The molecule has 0 spiro atoms. The Balaban J connectivity index is 0.00000312. The van der Waals surface area contributed by atoms with Gasteiger partial charge in [0, 0.05) is 36.2 Å². The molecule has 2 N–H and O–H groups in total. The number of methoxy groups -OCH3 is 2. The van der Waals surface area contributed by atoms with Gasteiger partial charge in [-0.15, -0.1) is 24.0 Å². The second-order valence-electron chi connectivity index (χ2n) is 5.09. The zero-order chi connectivity index (χ0) is 17.4. The Hall–Kier alpha value is -1.48. The van der Waals surface area contributed by atoms with Gasteiger partial charge in [-0.25, -0.2) is 0 Å². The van der Waals surface area contributed by atoms with Gasteiger partial charge >= 0.3 is 0 Å². The van der Waals surface area contributed by atoms with Gasteiger partial charge in [-0.05, 0) is 29.8 Å². The van der Waals surface area contributed by atoms with Crippen LogP contribution in [0, 0.1) is 0 Å². The maximum absolute atomic E-state index is 5.41. The standard InChI is InChI=1S/C18H22BrN3O2.HI/c1-20-18(21-11-13-5-4-6-15(19)9-13)22-12-14-7-8-16(23-2)10-17(14)24-3;/h4-10H,11-12H2,1-3H3,(H2,20,21,22);1H. The number of rotatable bonds is 6. The van der Waals surface area contributed by atoms with E-state index in [1.54, 1.807) is 21.3 Å². The summed E-state index contributed by atoms with van der Waals surface area (Å²) in [6.45, 7) is 1.30. The minimum absolute atomic E-state index is 0. The van der Waals surface area contributed by atoms with Crippen molar-refractivity contribution in [1.82, 2.24) is 10.6 Å². The highest BCUT2D eigenvalue weighted by atomic mass is 127. The van der Waals surface area contributed by atoms with Crippen LogP contribution in [0.5, 0.6) is 11.5 Å². The average molecular weight is 520 g/mol. The molecule has 5 nitrogen and oxygen atoms in total. The molecule has 0 aliphatic rings. The van der Waals surface area contributed by atoms with Crippen molar-refractivity contribution in [2.45, 2.75) is 13.1 Å². The quantitative estimate of drug-likeness (QED) is 0.345. The molecule has 25 heavy (non-hydrogen) atoms. The zero-order valence-corrected chi connectivity index (χ0v) is 18.4. The molecule has 0 amide bonds. The van der Waals surface area contributed by atoms with Crippen LogP contribution in [-0.2, 0) is 13.1 Å². The lowest BCUT2D eigenvalue weighted by molar-refractivity contribution is 0.390. The maximum Gasteiger partial charge on any atom is 0.191 e. The predicted molar refractivity (Wildman–Crippen MR) is 116 cm³/mol. The molecule has 0 saturated carbocycles. The highest BCUT2D eigenvalue weighted by molar-refractivity contribution is 14.0. The van der Waals surface area contributed by atoms with Gasteiger partial charge in [-0.1, -0.05) is 28.1 Å². The SMILES string of the molecule is CN=C(NCc1cccc(Br)c1)NCc1ccc(OC)cc1OC.I. The summed E-state index contributed by atoms with van der Waals surface area (Å²) in [6.07, 6.45) is 0. The minimum atomic E-state index is 0. The van der Waals surface area contributed by atoms with Crippen LogP contribution in [0.25, 0.3) is 0 Å². The molecular weight excluding hydrogens is 497 g/mol. The average Bonchev–Trinajstić information content (AvgIpc) is 2.61. The van der Waals surface area contributed by atoms with E-state index in [0.717, 1.165) is 27.5 Å². The van der Waals surface area contributed by atoms with E-state index >= 15 is 0 Å². The molecule has 0 aromatic heterocycles. The fourth-order valence-electron chi connectivity index (χ4n) is 2.23. The van der Waals surface area contributed by atoms with Crippen LogP contribution < -0.4 is 20.1 Å². The number of hydrogen-bond donors (Lipinski definition) is 2. The van der Waals surface area contributed by atoms with Gasteiger partial charge in [-0.3, -0.25) is 4.99 Å². The molecule has 0 radical (unpaired) electrons. The maximum atomic E-state index is 5.41. The molecule has 0 aliphatic heterocycles. The molecule has 0 aliphatic carbocycles. The first-order valence-electron chi connectivity index (χ1n) is 7.56. The second kappa shape index (κ2) is 11.2. The van der Waals surface area contributed by atoms with Crippen molar-refractivity contribution in [3.8, 4) is 11.5 Å². The number of hydrogen-bond acceptors (Lipinski definition) is 3. The molecule has 0 atom stereocenters. The van der Waals surface area contributed by atoms with Crippen LogP contribution in [0.1, 0.15) is 11.1 Å². The summed E-state index contributed by atoms with van der Waals surface area (Å²) >= 11 is 3.48. The van der Waals surface area contributed by atoms with Gasteiger partial charge in [0.1, 0.15) is 11.5 Å². The molecule has 2 aromatic carbocycles. The third-order valence-electron chi connectivity index (χ3n) is 3.51. The van der Waals surface area contributed by atoms with Gasteiger partial charge in [0.25, 0.3) is 0 Å². The topological polar surface area (TPSA) is 54.9 Å². The summed E-state index contributed by atoms with van der Waals surface area (Å²) in [6, 6.07) is 13.9. The largest absolute Gasteiger partial charge is 0.497 e. The zero-order valence-electron chi connectivity index (χ0n) is 14.5. The summed E-state index contributed by atoms with van der Waals surface area (Å²) in [5.74, 6) is 2.28. The fraction of sp³-hybridized carbons (Fsp3) is 0.278. The van der Waals surface area contributed by atoms with Crippen molar-refractivity contribution in [3.63, 3.8) is 0 Å². The Kier molecular flexibility index (Phi) is 9.66. The van der Waals surface area contributed by atoms with E-state index in [9.17, 15) is 0 Å². The number of nitrogens with zero attached hydrogens (tertiary/aromatic N) is 1. The van der Waals surface area contributed by atoms with Crippen molar-refractivity contribution in [3.05, 3.63) is 58.1 Å².